The standard InChI is InChI=1S/C13H20BrNO3S/c1-5-10(6-2)15(3)19(16,17)11-7-8-13(18-4)12(14)9-11/h7-10H,5-6H2,1-4H3. The van der Waals surface area contributed by atoms with Gasteiger partial charge < -0.3 is 4.74 Å². The number of hydrogen-bond donors (Lipinski definition) is 0. The number of rotatable bonds is 6. The smallest absolute Gasteiger partial charge is 0.243 e. The van der Waals surface area contributed by atoms with Gasteiger partial charge in [0.25, 0.3) is 0 Å². The molecular weight excluding hydrogens is 330 g/mol. The molecule has 0 heterocycles. The number of benzene rings is 1. The highest BCUT2D eigenvalue weighted by Crippen LogP contribution is 2.29. The second-order valence-electron chi connectivity index (χ2n) is 4.29. The van der Waals surface area contributed by atoms with Crippen molar-refractivity contribution in [2.75, 3.05) is 14.2 Å². The molecule has 0 aromatic heterocycles. The molecule has 0 unspecified atom stereocenters. The fourth-order valence-electron chi connectivity index (χ4n) is 1.97. The molecule has 0 radical (unpaired) electrons. The van der Waals surface area contributed by atoms with Gasteiger partial charge in [-0.3, -0.25) is 0 Å². The third kappa shape index (κ3) is 3.49. The summed E-state index contributed by atoms with van der Waals surface area (Å²) in [6.07, 6.45) is 1.59. The van der Waals surface area contributed by atoms with Gasteiger partial charge in [-0.15, -0.1) is 0 Å². The molecule has 0 aliphatic heterocycles. The van der Waals surface area contributed by atoms with Crippen LogP contribution in [-0.4, -0.2) is 32.9 Å². The molecule has 19 heavy (non-hydrogen) atoms. The minimum absolute atomic E-state index is 0.0193. The van der Waals surface area contributed by atoms with E-state index < -0.39 is 10.0 Å². The molecule has 0 saturated carbocycles. The van der Waals surface area contributed by atoms with Gasteiger partial charge in [0.2, 0.25) is 10.0 Å². The van der Waals surface area contributed by atoms with Crippen molar-refractivity contribution >= 4 is 26.0 Å². The highest BCUT2D eigenvalue weighted by Gasteiger charge is 2.26. The van der Waals surface area contributed by atoms with Gasteiger partial charge in [-0.1, -0.05) is 13.8 Å². The van der Waals surface area contributed by atoms with Crippen molar-refractivity contribution in [2.24, 2.45) is 0 Å². The number of ether oxygens (including phenoxy) is 1. The Hall–Kier alpha value is -0.590. The van der Waals surface area contributed by atoms with Gasteiger partial charge in [0, 0.05) is 13.1 Å². The van der Waals surface area contributed by atoms with E-state index >= 15 is 0 Å². The molecule has 6 heteroatoms. The minimum Gasteiger partial charge on any atom is -0.496 e. The predicted molar refractivity (Wildman–Crippen MR) is 80.0 cm³/mol. The molecule has 0 spiro atoms. The fraction of sp³-hybridized carbons (Fsp3) is 0.538. The molecule has 0 amide bonds. The summed E-state index contributed by atoms with van der Waals surface area (Å²) >= 11 is 3.31. The second-order valence-corrected chi connectivity index (χ2v) is 7.14. The fourth-order valence-corrected chi connectivity index (χ4v) is 4.20. The molecular formula is C13H20BrNO3S. The van der Waals surface area contributed by atoms with Crippen LogP contribution in [0.4, 0.5) is 0 Å². The topological polar surface area (TPSA) is 46.6 Å². The summed E-state index contributed by atoms with van der Waals surface area (Å²) in [6, 6.07) is 4.81. The Morgan fingerprint density at radius 3 is 2.32 bits per heavy atom. The van der Waals surface area contributed by atoms with Gasteiger partial charge in [-0.05, 0) is 47.0 Å². The average Bonchev–Trinajstić information content (AvgIpc) is 2.39. The molecule has 0 saturated heterocycles. The van der Waals surface area contributed by atoms with E-state index in [4.69, 9.17) is 4.74 Å². The van der Waals surface area contributed by atoms with Gasteiger partial charge in [0.15, 0.2) is 0 Å². The highest BCUT2D eigenvalue weighted by molar-refractivity contribution is 9.10. The lowest BCUT2D eigenvalue weighted by Crippen LogP contribution is -2.36. The van der Waals surface area contributed by atoms with Crippen molar-refractivity contribution < 1.29 is 13.2 Å². The zero-order chi connectivity index (χ0) is 14.6. The number of methoxy groups -OCH3 is 1. The summed E-state index contributed by atoms with van der Waals surface area (Å²) < 4.78 is 32.2. The summed E-state index contributed by atoms with van der Waals surface area (Å²) in [5.74, 6) is 0.615. The molecule has 0 N–H and O–H groups in total. The molecule has 0 aliphatic rings. The van der Waals surface area contributed by atoms with Gasteiger partial charge in [-0.2, -0.15) is 4.31 Å². The lowest BCUT2D eigenvalue weighted by Gasteiger charge is -2.25. The van der Waals surface area contributed by atoms with Crippen LogP contribution in [0.3, 0.4) is 0 Å². The molecule has 0 atom stereocenters. The number of sulfonamides is 1. The molecule has 0 fully saturated rings. The summed E-state index contributed by atoms with van der Waals surface area (Å²) in [5, 5.41) is 0. The third-order valence-corrected chi connectivity index (χ3v) is 5.78. The van der Waals surface area contributed by atoms with Crippen molar-refractivity contribution in [2.45, 2.75) is 37.6 Å². The van der Waals surface area contributed by atoms with Crippen LogP contribution >= 0.6 is 15.9 Å². The van der Waals surface area contributed by atoms with Crippen LogP contribution in [0.25, 0.3) is 0 Å². The molecule has 0 bridgehead atoms. The van der Waals surface area contributed by atoms with Gasteiger partial charge >= 0.3 is 0 Å². The normalized spacial score (nSPS) is 12.2. The maximum Gasteiger partial charge on any atom is 0.243 e. The van der Waals surface area contributed by atoms with Crippen LogP contribution in [0.2, 0.25) is 0 Å². The second kappa shape index (κ2) is 6.72. The average molecular weight is 350 g/mol. The van der Waals surface area contributed by atoms with E-state index in [1.807, 2.05) is 13.8 Å². The van der Waals surface area contributed by atoms with Gasteiger partial charge in [0.05, 0.1) is 16.5 Å². The Kier molecular flexibility index (Phi) is 5.82. The Balaban J connectivity index is 3.16. The first kappa shape index (κ1) is 16.5. The Morgan fingerprint density at radius 1 is 1.32 bits per heavy atom. The molecule has 1 aromatic carbocycles. The zero-order valence-corrected chi connectivity index (χ0v) is 14.1. The largest absolute Gasteiger partial charge is 0.496 e. The Morgan fingerprint density at radius 2 is 1.89 bits per heavy atom. The van der Waals surface area contributed by atoms with Gasteiger partial charge in [0.1, 0.15) is 5.75 Å². The quantitative estimate of drug-likeness (QED) is 0.791. The Bertz CT molecular complexity index is 527. The molecule has 0 aliphatic carbocycles. The van der Waals surface area contributed by atoms with E-state index in [0.717, 1.165) is 12.8 Å². The monoisotopic (exact) mass is 349 g/mol. The van der Waals surface area contributed by atoms with Crippen molar-refractivity contribution in [3.05, 3.63) is 22.7 Å². The van der Waals surface area contributed by atoms with Crippen LogP contribution in [-0.2, 0) is 10.0 Å². The SMILES string of the molecule is CCC(CC)N(C)S(=O)(=O)c1ccc(OC)c(Br)c1. The van der Waals surface area contributed by atoms with Crippen LogP contribution in [0.1, 0.15) is 26.7 Å². The lowest BCUT2D eigenvalue weighted by atomic mass is 10.2. The summed E-state index contributed by atoms with van der Waals surface area (Å²) in [4.78, 5) is 0.273. The zero-order valence-electron chi connectivity index (χ0n) is 11.7. The number of hydrogen-bond acceptors (Lipinski definition) is 3. The van der Waals surface area contributed by atoms with Crippen molar-refractivity contribution in [3.8, 4) is 5.75 Å². The van der Waals surface area contributed by atoms with Crippen LogP contribution < -0.4 is 4.74 Å². The van der Waals surface area contributed by atoms with Crippen molar-refractivity contribution in [1.82, 2.24) is 4.31 Å². The van der Waals surface area contributed by atoms with Crippen LogP contribution in [0.5, 0.6) is 5.75 Å². The number of nitrogens with zero attached hydrogens (tertiary/aromatic N) is 1. The molecule has 4 nitrogen and oxygen atoms in total. The Labute approximate surface area is 123 Å². The van der Waals surface area contributed by atoms with E-state index in [2.05, 4.69) is 15.9 Å². The predicted octanol–water partition coefficient (Wildman–Crippen LogP) is 3.27. The molecule has 1 rings (SSSR count). The minimum atomic E-state index is -3.46. The lowest BCUT2D eigenvalue weighted by molar-refractivity contribution is 0.349. The van der Waals surface area contributed by atoms with E-state index in [-0.39, 0.29) is 10.9 Å². The summed E-state index contributed by atoms with van der Waals surface area (Å²) in [6.45, 7) is 3.98. The highest BCUT2D eigenvalue weighted by atomic mass is 79.9. The van der Waals surface area contributed by atoms with E-state index in [9.17, 15) is 8.42 Å². The summed E-state index contributed by atoms with van der Waals surface area (Å²) in [7, 11) is -0.286. The maximum atomic E-state index is 12.5. The summed E-state index contributed by atoms with van der Waals surface area (Å²) in [5.41, 5.74) is 0. The van der Waals surface area contributed by atoms with Crippen LogP contribution in [0.15, 0.2) is 27.6 Å². The van der Waals surface area contributed by atoms with Crippen LogP contribution in [0, 0.1) is 0 Å². The van der Waals surface area contributed by atoms with Gasteiger partial charge in [-0.25, -0.2) is 8.42 Å². The van der Waals surface area contributed by atoms with E-state index in [1.165, 1.54) is 4.31 Å². The maximum absolute atomic E-state index is 12.5. The van der Waals surface area contributed by atoms with Crippen molar-refractivity contribution in [1.29, 1.82) is 0 Å². The van der Waals surface area contributed by atoms with E-state index in [0.29, 0.717) is 10.2 Å². The molecule has 1 aromatic rings. The first-order valence-electron chi connectivity index (χ1n) is 6.20. The third-order valence-electron chi connectivity index (χ3n) is 3.26. The first-order chi connectivity index (χ1) is 8.88. The molecule has 108 valence electrons. The first-order valence-corrected chi connectivity index (χ1v) is 8.43. The van der Waals surface area contributed by atoms with Crippen molar-refractivity contribution in [3.63, 3.8) is 0 Å². The number of halogens is 1. The van der Waals surface area contributed by atoms with E-state index in [1.54, 1.807) is 32.4 Å².